The Hall–Kier alpha value is -1.14. The van der Waals surface area contributed by atoms with Crippen LogP contribution in [0.5, 0.6) is 0 Å². The molecule has 86 valence electrons. The molecule has 0 saturated carbocycles. The van der Waals surface area contributed by atoms with E-state index in [2.05, 4.69) is 5.32 Å². The van der Waals surface area contributed by atoms with Crippen LogP contribution in [-0.2, 0) is 14.3 Å². The number of β-lactam (4-membered cyclic amide) rings is 1. The zero-order valence-electron chi connectivity index (χ0n) is 9.03. The maximum absolute atomic E-state index is 11.5. The molecule has 0 aliphatic carbocycles. The molecule has 0 bridgehead atoms. The van der Waals surface area contributed by atoms with Gasteiger partial charge in [0.25, 0.3) is 0 Å². The standard InChI is InChI=1S/C9H17N3O3/c1-6(8(13)11-3-4-15-2)12-5-7(10)9(12)14/h6-7H,3-5,10H2,1-2H3,(H,11,13). The molecule has 2 atom stereocenters. The first-order valence-corrected chi connectivity index (χ1v) is 4.90. The Bertz CT molecular complexity index is 257. The lowest BCUT2D eigenvalue weighted by molar-refractivity contribution is -0.150. The highest BCUT2D eigenvalue weighted by molar-refractivity contribution is 5.93. The van der Waals surface area contributed by atoms with Crippen LogP contribution in [-0.4, -0.2) is 55.6 Å². The number of nitrogens with two attached hydrogens (primary N) is 1. The number of carbonyl (C=O) groups excluding carboxylic acids is 2. The van der Waals surface area contributed by atoms with Gasteiger partial charge in [0, 0.05) is 20.2 Å². The largest absolute Gasteiger partial charge is 0.383 e. The summed E-state index contributed by atoms with van der Waals surface area (Å²) in [4.78, 5) is 24.2. The summed E-state index contributed by atoms with van der Waals surface area (Å²) in [6, 6.07) is -0.881. The zero-order chi connectivity index (χ0) is 11.4. The molecule has 6 nitrogen and oxygen atoms in total. The normalized spacial score (nSPS) is 22.2. The lowest BCUT2D eigenvalue weighted by Gasteiger charge is -2.39. The molecule has 0 aromatic rings. The number of likely N-dealkylation sites (tertiary alicyclic amines) is 1. The molecular formula is C9H17N3O3. The van der Waals surface area contributed by atoms with Crippen molar-refractivity contribution in [2.24, 2.45) is 5.73 Å². The van der Waals surface area contributed by atoms with E-state index < -0.39 is 12.1 Å². The van der Waals surface area contributed by atoms with E-state index >= 15 is 0 Å². The van der Waals surface area contributed by atoms with E-state index in [1.54, 1.807) is 14.0 Å². The number of rotatable bonds is 5. The van der Waals surface area contributed by atoms with Crippen LogP contribution in [0.3, 0.4) is 0 Å². The van der Waals surface area contributed by atoms with Gasteiger partial charge in [-0.15, -0.1) is 0 Å². The van der Waals surface area contributed by atoms with Gasteiger partial charge in [0.1, 0.15) is 12.1 Å². The van der Waals surface area contributed by atoms with Gasteiger partial charge < -0.3 is 20.7 Å². The molecule has 0 aromatic heterocycles. The van der Waals surface area contributed by atoms with Gasteiger partial charge in [0.2, 0.25) is 11.8 Å². The summed E-state index contributed by atoms with van der Waals surface area (Å²) in [7, 11) is 1.56. The molecular weight excluding hydrogens is 198 g/mol. The van der Waals surface area contributed by atoms with E-state index in [4.69, 9.17) is 10.5 Å². The second kappa shape index (κ2) is 5.09. The molecule has 1 rings (SSSR count). The van der Waals surface area contributed by atoms with Crippen LogP contribution in [0.25, 0.3) is 0 Å². The van der Waals surface area contributed by atoms with Gasteiger partial charge in [0.15, 0.2) is 0 Å². The molecule has 0 radical (unpaired) electrons. The second-order valence-electron chi connectivity index (χ2n) is 3.56. The minimum atomic E-state index is -0.450. The molecule has 1 aliphatic heterocycles. The highest BCUT2D eigenvalue weighted by atomic mass is 16.5. The van der Waals surface area contributed by atoms with Gasteiger partial charge >= 0.3 is 0 Å². The first-order chi connectivity index (χ1) is 7.07. The molecule has 0 spiro atoms. The third-order valence-electron chi connectivity index (χ3n) is 2.45. The average molecular weight is 215 g/mol. The summed E-state index contributed by atoms with van der Waals surface area (Å²) in [6.07, 6.45) is 0. The fraction of sp³-hybridized carbons (Fsp3) is 0.778. The lowest BCUT2D eigenvalue weighted by Crippen LogP contribution is -2.66. The molecule has 2 unspecified atom stereocenters. The van der Waals surface area contributed by atoms with Crippen molar-refractivity contribution in [1.82, 2.24) is 10.2 Å². The van der Waals surface area contributed by atoms with Crippen molar-refractivity contribution in [1.29, 1.82) is 0 Å². The summed E-state index contributed by atoms with van der Waals surface area (Å²) in [5, 5.41) is 2.67. The Morgan fingerprint density at radius 3 is 2.93 bits per heavy atom. The van der Waals surface area contributed by atoms with Crippen LogP contribution in [0.15, 0.2) is 0 Å². The third-order valence-corrected chi connectivity index (χ3v) is 2.45. The summed E-state index contributed by atoms with van der Waals surface area (Å²) < 4.78 is 4.80. The van der Waals surface area contributed by atoms with Crippen molar-refractivity contribution in [3.8, 4) is 0 Å². The minimum Gasteiger partial charge on any atom is -0.383 e. The average Bonchev–Trinajstić information content (AvgIpc) is 2.24. The van der Waals surface area contributed by atoms with E-state index in [1.165, 1.54) is 4.90 Å². The van der Waals surface area contributed by atoms with Crippen molar-refractivity contribution in [2.75, 3.05) is 26.8 Å². The first-order valence-electron chi connectivity index (χ1n) is 4.90. The van der Waals surface area contributed by atoms with Crippen molar-refractivity contribution < 1.29 is 14.3 Å². The Labute approximate surface area is 88.7 Å². The Morgan fingerprint density at radius 2 is 2.47 bits per heavy atom. The molecule has 1 fully saturated rings. The van der Waals surface area contributed by atoms with E-state index in [0.29, 0.717) is 19.7 Å². The van der Waals surface area contributed by atoms with Gasteiger partial charge in [-0.25, -0.2) is 0 Å². The highest BCUT2D eigenvalue weighted by Gasteiger charge is 2.38. The molecule has 1 heterocycles. The number of methoxy groups -OCH3 is 1. The third kappa shape index (κ3) is 2.66. The van der Waals surface area contributed by atoms with Crippen LogP contribution in [0, 0.1) is 0 Å². The molecule has 15 heavy (non-hydrogen) atoms. The van der Waals surface area contributed by atoms with Crippen LogP contribution in [0.1, 0.15) is 6.92 Å². The number of nitrogens with zero attached hydrogens (tertiary/aromatic N) is 1. The van der Waals surface area contributed by atoms with E-state index in [0.717, 1.165) is 0 Å². The van der Waals surface area contributed by atoms with Crippen LogP contribution in [0.4, 0.5) is 0 Å². The number of carbonyl (C=O) groups is 2. The number of amides is 2. The summed E-state index contributed by atoms with van der Waals surface area (Å²) >= 11 is 0. The maximum atomic E-state index is 11.5. The SMILES string of the molecule is COCCNC(=O)C(C)N1CC(N)C1=O. The molecule has 3 N–H and O–H groups in total. The lowest BCUT2D eigenvalue weighted by atomic mass is 10.1. The van der Waals surface area contributed by atoms with Crippen molar-refractivity contribution in [3.05, 3.63) is 0 Å². The van der Waals surface area contributed by atoms with Crippen LogP contribution in [0.2, 0.25) is 0 Å². The van der Waals surface area contributed by atoms with E-state index in [-0.39, 0.29) is 11.8 Å². The number of nitrogens with one attached hydrogen (secondary N) is 1. The van der Waals surface area contributed by atoms with Gasteiger partial charge in [-0.2, -0.15) is 0 Å². The number of ether oxygens (including phenoxy) is 1. The summed E-state index contributed by atoms with van der Waals surface area (Å²) in [5.41, 5.74) is 5.43. The van der Waals surface area contributed by atoms with Crippen molar-refractivity contribution in [3.63, 3.8) is 0 Å². The molecule has 2 amide bonds. The Kier molecular flexibility index (Phi) is 4.05. The smallest absolute Gasteiger partial charge is 0.242 e. The Morgan fingerprint density at radius 1 is 1.80 bits per heavy atom. The van der Waals surface area contributed by atoms with Gasteiger partial charge in [-0.3, -0.25) is 9.59 Å². The van der Waals surface area contributed by atoms with Gasteiger partial charge in [-0.1, -0.05) is 0 Å². The second-order valence-corrected chi connectivity index (χ2v) is 3.56. The maximum Gasteiger partial charge on any atom is 0.242 e. The minimum absolute atomic E-state index is 0.163. The van der Waals surface area contributed by atoms with Crippen molar-refractivity contribution in [2.45, 2.75) is 19.0 Å². The van der Waals surface area contributed by atoms with Gasteiger partial charge in [-0.05, 0) is 6.92 Å². The van der Waals surface area contributed by atoms with Crippen LogP contribution >= 0.6 is 0 Å². The van der Waals surface area contributed by atoms with Crippen molar-refractivity contribution >= 4 is 11.8 Å². The number of hydrogen-bond acceptors (Lipinski definition) is 4. The predicted octanol–water partition coefficient (Wildman–Crippen LogP) is -1.69. The predicted molar refractivity (Wildman–Crippen MR) is 54.0 cm³/mol. The highest BCUT2D eigenvalue weighted by Crippen LogP contribution is 2.12. The zero-order valence-corrected chi connectivity index (χ0v) is 9.03. The topological polar surface area (TPSA) is 84.7 Å². The fourth-order valence-corrected chi connectivity index (χ4v) is 1.40. The summed E-state index contributed by atoms with van der Waals surface area (Å²) in [6.45, 7) is 3.06. The number of hydrogen-bond donors (Lipinski definition) is 2. The molecule has 6 heteroatoms. The summed E-state index contributed by atoms with van der Waals surface area (Å²) in [5.74, 6) is -0.336. The van der Waals surface area contributed by atoms with E-state index in [9.17, 15) is 9.59 Å². The fourth-order valence-electron chi connectivity index (χ4n) is 1.40. The molecule has 0 aromatic carbocycles. The van der Waals surface area contributed by atoms with E-state index in [1.807, 2.05) is 0 Å². The molecule has 1 saturated heterocycles. The first kappa shape index (κ1) is 11.9. The van der Waals surface area contributed by atoms with Crippen LogP contribution < -0.4 is 11.1 Å². The molecule has 1 aliphatic rings. The Balaban J connectivity index is 2.30. The monoisotopic (exact) mass is 215 g/mol. The van der Waals surface area contributed by atoms with Gasteiger partial charge in [0.05, 0.1) is 6.61 Å². The quantitative estimate of drug-likeness (QED) is 0.423.